The van der Waals surface area contributed by atoms with Crippen LogP contribution in [0.15, 0.2) is 0 Å². The lowest BCUT2D eigenvalue weighted by molar-refractivity contribution is -0.130. The third kappa shape index (κ3) is 2.76. The van der Waals surface area contributed by atoms with Crippen molar-refractivity contribution >= 4 is 5.91 Å². The van der Waals surface area contributed by atoms with E-state index in [1.807, 2.05) is 6.92 Å². The first-order valence-electron chi connectivity index (χ1n) is 6.64. The average Bonchev–Trinajstić information content (AvgIpc) is 2.96. The first-order chi connectivity index (χ1) is 7.58. The Hall–Kier alpha value is -0.570. The van der Waals surface area contributed by atoms with E-state index >= 15 is 0 Å². The minimum atomic E-state index is 0.0166. The Morgan fingerprint density at radius 1 is 1.44 bits per heavy atom. The predicted octanol–water partition coefficient (Wildman–Crippen LogP) is 1.98. The van der Waals surface area contributed by atoms with Gasteiger partial charge < -0.3 is 4.90 Å². The molecule has 3 nitrogen and oxygen atoms in total. The van der Waals surface area contributed by atoms with E-state index in [2.05, 4.69) is 24.1 Å². The summed E-state index contributed by atoms with van der Waals surface area (Å²) in [6.07, 6.45) is 5.30. The second kappa shape index (κ2) is 4.74. The van der Waals surface area contributed by atoms with Gasteiger partial charge in [0.25, 0.3) is 0 Å². The van der Waals surface area contributed by atoms with Gasteiger partial charge in [0.05, 0.1) is 12.2 Å². The van der Waals surface area contributed by atoms with Gasteiger partial charge in [-0.2, -0.15) is 0 Å². The van der Waals surface area contributed by atoms with Crippen LogP contribution in [-0.2, 0) is 4.79 Å². The molecule has 3 heteroatoms. The molecule has 2 fully saturated rings. The molecule has 2 rings (SSSR count). The summed E-state index contributed by atoms with van der Waals surface area (Å²) in [5.74, 6) is 1.84. The quantitative estimate of drug-likeness (QED) is 0.774. The topological polar surface area (TPSA) is 32.3 Å². The molecule has 0 radical (unpaired) electrons. The molecule has 1 aliphatic carbocycles. The summed E-state index contributed by atoms with van der Waals surface area (Å²) < 4.78 is 0. The highest BCUT2D eigenvalue weighted by Crippen LogP contribution is 2.33. The van der Waals surface area contributed by atoms with Crippen molar-refractivity contribution in [2.45, 2.75) is 58.7 Å². The molecule has 16 heavy (non-hydrogen) atoms. The Morgan fingerprint density at radius 3 is 2.69 bits per heavy atom. The zero-order chi connectivity index (χ0) is 11.7. The summed E-state index contributed by atoms with van der Waals surface area (Å²) in [4.78, 5) is 14.1. The Labute approximate surface area is 98.6 Å². The van der Waals surface area contributed by atoms with Gasteiger partial charge >= 0.3 is 0 Å². The van der Waals surface area contributed by atoms with Crippen molar-refractivity contribution in [3.05, 3.63) is 0 Å². The van der Waals surface area contributed by atoms with E-state index in [0.717, 1.165) is 18.9 Å². The molecular weight excluding hydrogens is 200 g/mol. The fourth-order valence-electron chi connectivity index (χ4n) is 2.49. The van der Waals surface area contributed by atoms with Crippen molar-refractivity contribution in [3.8, 4) is 0 Å². The van der Waals surface area contributed by atoms with E-state index in [0.29, 0.717) is 11.8 Å². The van der Waals surface area contributed by atoms with Gasteiger partial charge in [-0.3, -0.25) is 10.1 Å². The van der Waals surface area contributed by atoms with Gasteiger partial charge in [-0.25, -0.2) is 0 Å². The van der Waals surface area contributed by atoms with Crippen LogP contribution in [-0.4, -0.2) is 29.6 Å². The summed E-state index contributed by atoms with van der Waals surface area (Å²) in [6.45, 7) is 7.37. The molecule has 1 saturated heterocycles. The fraction of sp³-hybridized carbons (Fsp3) is 0.923. The van der Waals surface area contributed by atoms with E-state index in [9.17, 15) is 4.79 Å². The maximum atomic E-state index is 12.0. The van der Waals surface area contributed by atoms with Crippen molar-refractivity contribution < 1.29 is 4.79 Å². The number of hydrogen-bond acceptors (Lipinski definition) is 2. The van der Waals surface area contributed by atoms with E-state index in [1.165, 1.54) is 19.3 Å². The van der Waals surface area contributed by atoms with Crippen LogP contribution in [0.25, 0.3) is 0 Å². The maximum Gasteiger partial charge on any atom is 0.240 e. The second-order valence-electron chi connectivity index (χ2n) is 5.80. The van der Waals surface area contributed by atoms with Crippen LogP contribution in [0, 0.1) is 11.8 Å². The number of carbonyl (C=O) groups excluding carboxylic acids is 1. The Morgan fingerprint density at radius 2 is 2.12 bits per heavy atom. The van der Waals surface area contributed by atoms with Crippen LogP contribution in [0.5, 0.6) is 0 Å². The highest BCUT2D eigenvalue weighted by atomic mass is 16.2. The lowest BCUT2D eigenvalue weighted by Gasteiger charge is -2.25. The zero-order valence-corrected chi connectivity index (χ0v) is 10.7. The standard InChI is InChI=1S/C13H24N2O/c1-9(2)8-12-14-10(3)13(16)15(12)7-6-11-4-5-11/h9-12,14H,4-8H2,1-3H3. The highest BCUT2D eigenvalue weighted by Gasteiger charge is 2.36. The van der Waals surface area contributed by atoms with Crippen LogP contribution in [0.1, 0.15) is 46.5 Å². The summed E-state index contributed by atoms with van der Waals surface area (Å²) in [5.41, 5.74) is 0. The van der Waals surface area contributed by atoms with E-state index in [-0.39, 0.29) is 12.2 Å². The number of nitrogens with one attached hydrogen (secondary N) is 1. The van der Waals surface area contributed by atoms with Crippen molar-refractivity contribution in [2.75, 3.05) is 6.54 Å². The lowest BCUT2D eigenvalue weighted by Crippen LogP contribution is -2.39. The van der Waals surface area contributed by atoms with Gasteiger partial charge in [-0.15, -0.1) is 0 Å². The fourth-order valence-corrected chi connectivity index (χ4v) is 2.49. The first-order valence-corrected chi connectivity index (χ1v) is 6.64. The molecule has 1 amide bonds. The van der Waals surface area contributed by atoms with Crippen LogP contribution < -0.4 is 5.32 Å². The molecule has 0 aromatic rings. The Kier molecular flexibility index (Phi) is 3.53. The molecule has 2 atom stereocenters. The molecule has 1 N–H and O–H groups in total. The minimum absolute atomic E-state index is 0.0166. The van der Waals surface area contributed by atoms with Crippen molar-refractivity contribution in [1.29, 1.82) is 0 Å². The normalized spacial score (nSPS) is 30.5. The van der Waals surface area contributed by atoms with E-state index in [4.69, 9.17) is 0 Å². The van der Waals surface area contributed by atoms with E-state index < -0.39 is 0 Å². The Balaban J connectivity index is 1.89. The van der Waals surface area contributed by atoms with Crippen LogP contribution in [0.2, 0.25) is 0 Å². The van der Waals surface area contributed by atoms with Crippen molar-refractivity contribution in [1.82, 2.24) is 10.2 Å². The molecule has 1 saturated carbocycles. The number of carbonyl (C=O) groups is 1. The molecule has 92 valence electrons. The summed E-state index contributed by atoms with van der Waals surface area (Å²) in [5, 5.41) is 3.41. The van der Waals surface area contributed by atoms with Gasteiger partial charge in [-0.1, -0.05) is 26.7 Å². The predicted molar refractivity (Wildman–Crippen MR) is 64.9 cm³/mol. The van der Waals surface area contributed by atoms with Gasteiger partial charge in [-0.05, 0) is 31.6 Å². The average molecular weight is 224 g/mol. The highest BCUT2D eigenvalue weighted by molar-refractivity contribution is 5.83. The SMILES string of the molecule is CC(C)CC1NC(C)C(=O)N1CCC1CC1. The summed E-state index contributed by atoms with van der Waals surface area (Å²) >= 11 is 0. The van der Waals surface area contributed by atoms with Crippen molar-refractivity contribution in [2.24, 2.45) is 11.8 Å². The molecule has 0 spiro atoms. The molecule has 0 aromatic carbocycles. The van der Waals surface area contributed by atoms with Crippen LogP contribution in [0.4, 0.5) is 0 Å². The number of nitrogens with zero attached hydrogens (tertiary/aromatic N) is 1. The molecule has 2 aliphatic rings. The molecule has 1 heterocycles. The van der Waals surface area contributed by atoms with E-state index in [1.54, 1.807) is 0 Å². The molecule has 0 bridgehead atoms. The zero-order valence-electron chi connectivity index (χ0n) is 10.7. The summed E-state index contributed by atoms with van der Waals surface area (Å²) in [7, 11) is 0. The Bertz CT molecular complexity index is 261. The first kappa shape index (κ1) is 11.9. The number of amides is 1. The monoisotopic (exact) mass is 224 g/mol. The number of rotatable bonds is 5. The number of hydrogen-bond donors (Lipinski definition) is 1. The molecule has 1 aliphatic heterocycles. The third-order valence-corrected chi connectivity index (χ3v) is 3.64. The molecule has 0 aromatic heterocycles. The van der Waals surface area contributed by atoms with Gasteiger partial charge in [0.15, 0.2) is 0 Å². The smallest absolute Gasteiger partial charge is 0.240 e. The van der Waals surface area contributed by atoms with Crippen LogP contribution >= 0.6 is 0 Å². The third-order valence-electron chi connectivity index (χ3n) is 3.64. The second-order valence-corrected chi connectivity index (χ2v) is 5.80. The van der Waals surface area contributed by atoms with Crippen LogP contribution in [0.3, 0.4) is 0 Å². The maximum absolute atomic E-state index is 12.0. The molecule has 2 unspecified atom stereocenters. The molecular formula is C13H24N2O. The van der Waals surface area contributed by atoms with Gasteiger partial charge in [0.2, 0.25) is 5.91 Å². The van der Waals surface area contributed by atoms with Gasteiger partial charge in [0, 0.05) is 6.54 Å². The van der Waals surface area contributed by atoms with Gasteiger partial charge in [0.1, 0.15) is 0 Å². The largest absolute Gasteiger partial charge is 0.326 e. The lowest BCUT2D eigenvalue weighted by atomic mass is 10.1. The summed E-state index contributed by atoms with van der Waals surface area (Å²) in [6, 6.07) is 0.0166. The van der Waals surface area contributed by atoms with Crippen molar-refractivity contribution in [3.63, 3.8) is 0 Å². The minimum Gasteiger partial charge on any atom is -0.326 e.